The number of sulfonamides is 1. The van der Waals surface area contributed by atoms with Crippen molar-refractivity contribution in [3.05, 3.63) is 0 Å². The fourth-order valence-electron chi connectivity index (χ4n) is 1.83. The van der Waals surface area contributed by atoms with Crippen LogP contribution in [0.4, 0.5) is 0 Å². The summed E-state index contributed by atoms with van der Waals surface area (Å²) in [7, 11) is -3.06. The van der Waals surface area contributed by atoms with Gasteiger partial charge in [0.1, 0.15) is 0 Å². The van der Waals surface area contributed by atoms with Crippen LogP contribution in [0.2, 0.25) is 0 Å². The van der Waals surface area contributed by atoms with E-state index < -0.39 is 10.0 Å². The predicted octanol–water partition coefficient (Wildman–Crippen LogP) is 0.374. The monoisotopic (exact) mass is 233 g/mol. The lowest BCUT2D eigenvalue weighted by Gasteiger charge is -2.30. The van der Waals surface area contributed by atoms with Crippen molar-refractivity contribution in [3.63, 3.8) is 0 Å². The van der Waals surface area contributed by atoms with Crippen molar-refractivity contribution in [2.24, 2.45) is 11.7 Å². The van der Waals surface area contributed by atoms with Gasteiger partial charge in [0.15, 0.2) is 0 Å². The Hall–Kier alpha value is -0.620. The van der Waals surface area contributed by atoms with Crippen molar-refractivity contribution in [1.82, 2.24) is 4.31 Å². The summed E-state index contributed by atoms with van der Waals surface area (Å²) in [6, 6.07) is 0. The first-order chi connectivity index (χ1) is 6.97. The summed E-state index contributed by atoms with van der Waals surface area (Å²) in [5.74, 6) is 0.471. The fourth-order valence-corrected chi connectivity index (χ4v) is 3.37. The van der Waals surface area contributed by atoms with Crippen LogP contribution in [0, 0.1) is 11.3 Å². The van der Waals surface area contributed by atoms with E-state index in [-0.39, 0.29) is 17.5 Å². The van der Waals surface area contributed by atoms with E-state index in [4.69, 9.17) is 11.1 Å². The van der Waals surface area contributed by atoms with Gasteiger partial charge in [-0.25, -0.2) is 12.7 Å². The van der Waals surface area contributed by atoms with Gasteiger partial charge in [0.2, 0.25) is 10.0 Å². The average Bonchev–Trinajstić information content (AvgIpc) is 2.18. The molecule has 1 heterocycles. The van der Waals surface area contributed by atoms with E-state index in [0.29, 0.717) is 32.4 Å². The number of rotatable bonds is 4. The average molecular weight is 233 g/mol. The van der Waals surface area contributed by atoms with Gasteiger partial charge >= 0.3 is 0 Å². The van der Waals surface area contributed by atoms with E-state index in [1.54, 1.807) is 0 Å². The summed E-state index contributed by atoms with van der Waals surface area (Å²) < 4.78 is 24.9. The lowest BCUT2D eigenvalue weighted by molar-refractivity contribution is 0.314. The molecular formula is C9H19N3O2S. The van der Waals surface area contributed by atoms with Crippen molar-refractivity contribution in [3.8, 4) is 0 Å². The summed E-state index contributed by atoms with van der Waals surface area (Å²) in [6.45, 7) is 2.87. The number of hydrogen-bond donors (Lipinski definition) is 2. The zero-order chi connectivity index (χ0) is 11.5. The molecule has 0 spiro atoms. The van der Waals surface area contributed by atoms with Gasteiger partial charge in [-0.2, -0.15) is 0 Å². The molecule has 1 rings (SSSR count). The third kappa shape index (κ3) is 3.17. The highest BCUT2D eigenvalue weighted by atomic mass is 32.2. The Balaban J connectivity index is 2.54. The maximum atomic E-state index is 11.7. The molecule has 0 aromatic rings. The second-order valence-corrected chi connectivity index (χ2v) is 6.03. The molecule has 0 aromatic carbocycles. The molecule has 0 saturated carbocycles. The minimum atomic E-state index is -3.06. The summed E-state index contributed by atoms with van der Waals surface area (Å²) in [5, 5.41) is 7.30. The Morgan fingerprint density at radius 2 is 2.00 bits per heavy atom. The largest absolute Gasteiger partial charge is 0.387 e. The van der Waals surface area contributed by atoms with E-state index in [0.717, 1.165) is 0 Å². The van der Waals surface area contributed by atoms with E-state index in [1.165, 1.54) is 4.31 Å². The van der Waals surface area contributed by atoms with Crippen LogP contribution in [-0.2, 0) is 10.0 Å². The highest BCUT2D eigenvalue weighted by Crippen LogP contribution is 2.19. The normalized spacial score (nSPS) is 20.3. The van der Waals surface area contributed by atoms with Gasteiger partial charge in [0, 0.05) is 19.0 Å². The first-order valence-electron chi connectivity index (χ1n) is 5.29. The molecule has 0 atom stereocenters. The minimum Gasteiger partial charge on any atom is -0.387 e. The van der Waals surface area contributed by atoms with Crippen molar-refractivity contribution < 1.29 is 8.42 Å². The molecule has 0 amide bonds. The van der Waals surface area contributed by atoms with Crippen molar-refractivity contribution >= 4 is 15.9 Å². The summed E-state index contributed by atoms with van der Waals surface area (Å²) in [6.07, 6.45) is 2.01. The molecular weight excluding hydrogens is 214 g/mol. The number of nitrogens with zero attached hydrogens (tertiary/aromatic N) is 1. The molecule has 88 valence electrons. The molecule has 0 unspecified atom stereocenters. The Morgan fingerprint density at radius 1 is 1.47 bits per heavy atom. The van der Waals surface area contributed by atoms with Gasteiger partial charge in [-0.15, -0.1) is 0 Å². The molecule has 0 radical (unpaired) electrons. The van der Waals surface area contributed by atoms with Gasteiger partial charge in [-0.05, 0) is 19.3 Å². The number of amidine groups is 1. The lowest BCUT2D eigenvalue weighted by atomic mass is 9.97. The Labute approximate surface area is 91.2 Å². The first-order valence-corrected chi connectivity index (χ1v) is 6.90. The maximum Gasteiger partial charge on any atom is 0.214 e. The van der Waals surface area contributed by atoms with Gasteiger partial charge < -0.3 is 5.73 Å². The number of nitrogens with two attached hydrogens (primary N) is 1. The summed E-state index contributed by atoms with van der Waals surface area (Å²) in [4.78, 5) is 0. The van der Waals surface area contributed by atoms with Gasteiger partial charge in [0.05, 0.1) is 11.6 Å². The summed E-state index contributed by atoms with van der Waals surface area (Å²) in [5.41, 5.74) is 5.40. The molecule has 1 saturated heterocycles. The number of hydrogen-bond acceptors (Lipinski definition) is 3. The molecule has 1 aliphatic heterocycles. The third-order valence-electron chi connectivity index (χ3n) is 2.75. The van der Waals surface area contributed by atoms with Crippen LogP contribution in [0.1, 0.15) is 26.2 Å². The number of nitrogens with one attached hydrogen (secondary N) is 1. The predicted molar refractivity (Wildman–Crippen MR) is 60.3 cm³/mol. The van der Waals surface area contributed by atoms with Gasteiger partial charge in [-0.3, -0.25) is 5.41 Å². The Kier molecular flexibility index (Phi) is 4.10. The minimum absolute atomic E-state index is 0.0677. The van der Waals surface area contributed by atoms with Crippen LogP contribution >= 0.6 is 0 Å². The molecule has 5 nitrogen and oxygen atoms in total. The standard InChI is InChI=1S/C9H19N3O2S/c1-2-7-15(13,14)12-5-3-8(4-6-12)9(10)11/h8H,2-7H2,1H3,(H3,10,11). The second kappa shape index (κ2) is 4.94. The zero-order valence-electron chi connectivity index (χ0n) is 9.07. The van der Waals surface area contributed by atoms with Crippen LogP contribution in [0.25, 0.3) is 0 Å². The van der Waals surface area contributed by atoms with Crippen LogP contribution in [-0.4, -0.2) is 37.4 Å². The van der Waals surface area contributed by atoms with Crippen LogP contribution in [0.5, 0.6) is 0 Å². The fraction of sp³-hybridized carbons (Fsp3) is 0.889. The van der Waals surface area contributed by atoms with E-state index in [2.05, 4.69) is 0 Å². The van der Waals surface area contributed by atoms with E-state index >= 15 is 0 Å². The molecule has 0 aliphatic carbocycles. The van der Waals surface area contributed by atoms with Crippen LogP contribution in [0.15, 0.2) is 0 Å². The lowest BCUT2D eigenvalue weighted by Crippen LogP contribution is -2.42. The van der Waals surface area contributed by atoms with E-state index in [9.17, 15) is 8.42 Å². The highest BCUT2D eigenvalue weighted by molar-refractivity contribution is 7.89. The van der Waals surface area contributed by atoms with Crippen molar-refractivity contribution in [2.75, 3.05) is 18.8 Å². The molecule has 3 N–H and O–H groups in total. The van der Waals surface area contributed by atoms with Crippen molar-refractivity contribution in [2.45, 2.75) is 26.2 Å². The molecule has 1 fully saturated rings. The van der Waals surface area contributed by atoms with Crippen LogP contribution in [0.3, 0.4) is 0 Å². The van der Waals surface area contributed by atoms with Gasteiger partial charge in [-0.1, -0.05) is 6.92 Å². The first kappa shape index (κ1) is 12.4. The summed E-state index contributed by atoms with van der Waals surface area (Å²) >= 11 is 0. The van der Waals surface area contributed by atoms with Crippen LogP contribution < -0.4 is 5.73 Å². The third-order valence-corrected chi connectivity index (χ3v) is 4.83. The quantitative estimate of drug-likeness (QED) is 0.543. The SMILES string of the molecule is CCCS(=O)(=O)N1CCC(C(=N)N)CC1. The molecule has 6 heteroatoms. The zero-order valence-corrected chi connectivity index (χ0v) is 9.89. The molecule has 1 aliphatic rings. The number of piperidine rings is 1. The van der Waals surface area contributed by atoms with E-state index in [1.807, 2.05) is 6.92 Å². The Bertz CT molecular complexity index is 318. The smallest absolute Gasteiger partial charge is 0.214 e. The molecule has 0 aromatic heterocycles. The van der Waals surface area contributed by atoms with Crippen molar-refractivity contribution in [1.29, 1.82) is 5.41 Å². The maximum absolute atomic E-state index is 11.7. The molecule has 15 heavy (non-hydrogen) atoms. The van der Waals surface area contributed by atoms with Gasteiger partial charge in [0.25, 0.3) is 0 Å². The Morgan fingerprint density at radius 3 is 2.40 bits per heavy atom. The second-order valence-electron chi connectivity index (χ2n) is 3.94. The highest BCUT2D eigenvalue weighted by Gasteiger charge is 2.28. The topological polar surface area (TPSA) is 87.2 Å². The molecule has 0 bridgehead atoms.